The maximum absolute atomic E-state index is 10.9. The fourth-order valence-corrected chi connectivity index (χ4v) is 1.73. The van der Waals surface area contributed by atoms with Crippen LogP contribution in [0.5, 0.6) is 5.75 Å². The lowest BCUT2D eigenvalue weighted by Gasteiger charge is -2.11. The maximum Gasteiger partial charge on any atom is 0.305 e. The highest BCUT2D eigenvalue weighted by Gasteiger charge is 2.01. The van der Waals surface area contributed by atoms with Gasteiger partial charge in [-0.05, 0) is 49.8 Å². The van der Waals surface area contributed by atoms with Gasteiger partial charge in [0.25, 0.3) is 0 Å². The number of methoxy groups -OCH3 is 1. The second-order valence-corrected chi connectivity index (χ2v) is 4.43. The Morgan fingerprint density at radius 3 is 2.60 bits per heavy atom. The summed E-state index contributed by atoms with van der Waals surface area (Å²) in [7, 11) is 1.38. The number of thiocarbonyl (C=S) groups is 1. The molecule has 1 aromatic rings. The number of benzene rings is 1. The fraction of sp³-hybridized carbons (Fsp3) is 0.429. The molecule has 0 unspecified atom stereocenters. The van der Waals surface area contributed by atoms with E-state index in [0.717, 1.165) is 11.4 Å². The van der Waals surface area contributed by atoms with Crippen LogP contribution in [0.25, 0.3) is 0 Å². The molecule has 0 aromatic heterocycles. The zero-order chi connectivity index (χ0) is 14.8. The van der Waals surface area contributed by atoms with E-state index in [4.69, 9.17) is 17.0 Å². The highest BCUT2D eigenvalue weighted by Crippen LogP contribution is 2.15. The molecule has 0 fully saturated rings. The van der Waals surface area contributed by atoms with E-state index in [2.05, 4.69) is 15.4 Å². The lowest BCUT2D eigenvalue weighted by molar-refractivity contribution is -0.140. The van der Waals surface area contributed by atoms with Gasteiger partial charge in [0.2, 0.25) is 0 Å². The third-order valence-corrected chi connectivity index (χ3v) is 2.74. The molecule has 0 saturated heterocycles. The van der Waals surface area contributed by atoms with Crippen LogP contribution < -0.4 is 15.4 Å². The van der Waals surface area contributed by atoms with Crippen molar-refractivity contribution in [2.24, 2.45) is 0 Å². The Balaban J connectivity index is 2.26. The molecule has 0 spiro atoms. The second kappa shape index (κ2) is 9.14. The van der Waals surface area contributed by atoms with Crippen molar-refractivity contribution in [2.75, 3.05) is 25.6 Å². The average molecular weight is 296 g/mol. The normalized spacial score (nSPS) is 9.70. The summed E-state index contributed by atoms with van der Waals surface area (Å²) < 4.78 is 9.92. The van der Waals surface area contributed by atoms with E-state index >= 15 is 0 Å². The Hall–Kier alpha value is -1.82. The van der Waals surface area contributed by atoms with Gasteiger partial charge in [-0.15, -0.1) is 0 Å². The van der Waals surface area contributed by atoms with Crippen LogP contribution in [0.3, 0.4) is 0 Å². The Morgan fingerprint density at radius 1 is 1.30 bits per heavy atom. The van der Waals surface area contributed by atoms with Crippen LogP contribution in [-0.2, 0) is 9.53 Å². The molecule has 0 aliphatic heterocycles. The van der Waals surface area contributed by atoms with Gasteiger partial charge in [-0.3, -0.25) is 4.79 Å². The average Bonchev–Trinajstić information content (AvgIpc) is 2.45. The van der Waals surface area contributed by atoms with Gasteiger partial charge in [0, 0.05) is 18.7 Å². The molecule has 0 bridgehead atoms. The minimum atomic E-state index is -0.211. The lowest BCUT2D eigenvalue weighted by Crippen LogP contribution is -2.29. The summed E-state index contributed by atoms with van der Waals surface area (Å²) in [6.45, 7) is 3.21. The number of anilines is 1. The summed E-state index contributed by atoms with van der Waals surface area (Å²) in [5, 5.41) is 6.62. The van der Waals surface area contributed by atoms with Gasteiger partial charge in [0.05, 0.1) is 13.7 Å². The Labute approximate surface area is 124 Å². The molecule has 20 heavy (non-hydrogen) atoms. The molecular formula is C14H20N2O3S. The summed E-state index contributed by atoms with van der Waals surface area (Å²) >= 11 is 5.16. The SMILES string of the molecule is CCOc1ccc(NC(=S)NCCCC(=O)OC)cc1. The number of carbonyl (C=O) groups excluding carboxylic acids is 1. The van der Waals surface area contributed by atoms with Crippen LogP contribution in [-0.4, -0.2) is 31.3 Å². The molecule has 2 N–H and O–H groups in total. The first-order valence-corrected chi connectivity index (χ1v) is 6.91. The van der Waals surface area contributed by atoms with Crippen molar-refractivity contribution in [1.29, 1.82) is 0 Å². The van der Waals surface area contributed by atoms with Gasteiger partial charge in [0.1, 0.15) is 5.75 Å². The van der Waals surface area contributed by atoms with Crippen molar-refractivity contribution >= 4 is 29.0 Å². The van der Waals surface area contributed by atoms with Crippen molar-refractivity contribution in [3.8, 4) is 5.75 Å². The van der Waals surface area contributed by atoms with Crippen LogP contribution in [0.1, 0.15) is 19.8 Å². The molecule has 0 atom stereocenters. The fourth-order valence-electron chi connectivity index (χ4n) is 1.51. The van der Waals surface area contributed by atoms with E-state index in [9.17, 15) is 4.79 Å². The molecular weight excluding hydrogens is 276 g/mol. The lowest BCUT2D eigenvalue weighted by atomic mass is 10.3. The molecule has 0 amide bonds. The third-order valence-electron chi connectivity index (χ3n) is 2.49. The van der Waals surface area contributed by atoms with Crippen LogP contribution in [0.2, 0.25) is 0 Å². The van der Waals surface area contributed by atoms with E-state index in [1.54, 1.807) is 0 Å². The van der Waals surface area contributed by atoms with Crippen molar-refractivity contribution in [3.63, 3.8) is 0 Å². The van der Waals surface area contributed by atoms with Crippen molar-refractivity contribution in [3.05, 3.63) is 24.3 Å². The zero-order valence-corrected chi connectivity index (χ0v) is 12.6. The van der Waals surface area contributed by atoms with Gasteiger partial charge in [-0.25, -0.2) is 0 Å². The van der Waals surface area contributed by atoms with E-state index in [1.807, 2.05) is 31.2 Å². The number of nitrogens with one attached hydrogen (secondary N) is 2. The minimum Gasteiger partial charge on any atom is -0.494 e. The number of esters is 1. The number of ether oxygens (including phenoxy) is 2. The molecule has 0 aliphatic carbocycles. The van der Waals surface area contributed by atoms with E-state index < -0.39 is 0 Å². The van der Waals surface area contributed by atoms with Crippen LogP contribution in [0.4, 0.5) is 5.69 Å². The van der Waals surface area contributed by atoms with Crippen molar-refractivity contribution in [1.82, 2.24) is 5.32 Å². The molecule has 0 aliphatic rings. The zero-order valence-electron chi connectivity index (χ0n) is 11.8. The van der Waals surface area contributed by atoms with Crippen LogP contribution in [0.15, 0.2) is 24.3 Å². The molecule has 110 valence electrons. The monoisotopic (exact) mass is 296 g/mol. The molecule has 0 heterocycles. The molecule has 1 rings (SSSR count). The number of carbonyl (C=O) groups is 1. The summed E-state index contributed by atoms with van der Waals surface area (Å²) in [6, 6.07) is 7.55. The Kier molecular flexibility index (Phi) is 7.42. The quantitative estimate of drug-likeness (QED) is 0.457. The summed E-state index contributed by atoms with van der Waals surface area (Å²) in [4.78, 5) is 10.9. The molecule has 0 saturated carbocycles. The van der Waals surface area contributed by atoms with E-state index in [0.29, 0.717) is 31.1 Å². The summed E-state index contributed by atoms with van der Waals surface area (Å²) in [6.07, 6.45) is 1.06. The Bertz CT molecular complexity index is 435. The minimum absolute atomic E-state index is 0.211. The van der Waals surface area contributed by atoms with E-state index in [-0.39, 0.29) is 5.97 Å². The molecule has 5 nitrogen and oxygen atoms in total. The molecule has 6 heteroatoms. The van der Waals surface area contributed by atoms with Crippen molar-refractivity contribution < 1.29 is 14.3 Å². The summed E-state index contributed by atoms with van der Waals surface area (Å²) in [5.41, 5.74) is 0.888. The predicted molar refractivity (Wildman–Crippen MR) is 83.1 cm³/mol. The first-order chi connectivity index (χ1) is 9.65. The van der Waals surface area contributed by atoms with Crippen LogP contribution >= 0.6 is 12.2 Å². The maximum atomic E-state index is 10.9. The second-order valence-electron chi connectivity index (χ2n) is 4.02. The van der Waals surface area contributed by atoms with Gasteiger partial charge < -0.3 is 20.1 Å². The van der Waals surface area contributed by atoms with Gasteiger partial charge >= 0.3 is 5.97 Å². The third kappa shape index (κ3) is 6.38. The van der Waals surface area contributed by atoms with Crippen molar-refractivity contribution in [2.45, 2.75) is 19.8 Å². The predicted octanol–water partition coefficient (Wildman–Crippen LogP) is 2.32. The highest BCUT2D eigenvalue weighted by molar-refractivity contribution is 7.80. The van der Waals surface area contributed by atoms with E-state index in [1.165, 1.54) is 7.11 Å². The summed E-state index contributed by atoms with van der Waals surface area (Å²) in [5.74, 6) is 0.618. The smallest absolute Gasteiger partial charge is 0.305 e. The topological polar surface area (TPSA) is 59.6 Å². The first kappa shape index (κ1) is 16.2. The first-order valence-electron chi connectivity index (χ1n) is 6.50. The van der Waals surface area contributed by atoms with Crippen LogP contribution in [0, 0.1) is 0 Å². The Morgan fingerprint density at radius 2 is 2.00 bits per heavy atom. The highest BCUT2D eigenvalue weighted by atomic mass is 32.1. The number of rotatable bonds is 7. The van der Waals surface area contributed by atoms with Gasteiger partial charge in [0.15, 0.2) is 5.11 Å². The number of hydrogen-bond donors (Lipinski definition) is 2. The standard InChI is InChI=1S/C14H20N2O3S/c1-3-19-12-8-6-11(7-9-12)16-14(20)15-10-4-5-13(17)18-2/h6-9H,3-5,10H2,1-2H3,(H2,15,16,20). The molecule has 0 radical (unpaired) electrons. The molecule has 1 aromatic carbocycles. The largest absolute Gasteiger partial charge is 0.494 e. The van der Waals surface area contributed by atoms with Gasteiger partial charge in [-0.2, -0.15) is 0 Å². The number of hydrogen-bond acceptors (Lipinski definition) is 4. The van der Waals surface area contributed by atoms with Gasteiger partial charge in [-0.1, -0.05) is 0 Å².